The Morgan fingerprint density at radius 3 is 2.67 bits per heavy atom. The third kappa shape index (κ3) is 7.19. The molecule has 6 rings (SSSR count). The zero-order valence-corrected chi connectivity index (χ0v) is 27.9. The molecule has 5 N–H and O–H groups in total. The molecule has 48 heavy (non-hydrogen) atoms. The fraction of sp³-hybridized carbons (Fsp3) is 0.361. The molecule has 11 nitrogen and oxygen atoms in total. The number of methoxy groups -OCH3 is 1. The average Bonchev–Trinajstić information content (AvgIpc) is 3.76. The molecule has 4 aromatic rings. The lowest BCUT2D eigenvalue weighted by Gasteiger charge is -2.16. The number of aliphatic hydroxyl groups excluding tert-OH is 1. The number of ether oxygens (including phenoxy) is 1. The molecule has 250 valence electrons. The summed E-state index contributed by atoms with van der Waals surface area (Å²) in [5.41, 5.74) is 8.76. The van der Waals surface area contributed by atoms with E-state index in [1.54, 1.807) is 19.5 Å². The van der Waals surface area contributed by atoms with Gasteiger partial charge in [-0.15, -0.1) is 0 Å². The predicted molar refractivity (Wildman–Crippen MR) is 185 cm³/mol. The fourth-order valence-corrected chi connectivity index (χ4v) is 6.80. The summed E-state index contributed by atoms with van der Waals surface area (Å²) < 4.78 is 5.63. The molecular formula is C36H40ClN7O4. The summed E-state index contributed by atoms with van der Waals surface area (Å²) in [7, 11) is 1.59. The summed E-state index contributed by atoms with van der Waals surface area (Å²) in [6, 6.07) is 11.5. The van der Waals surface area contributed by atoms with Crippen molar-refractivity contribution in [1.82, 2.24) is 30.9 Å². The lowest BCUT2D eigenvalue weighted by molar-refractivity contribution is -0.119. The Hall–Kier alpha value is -4.42. The van der Waals surface area contributed by atoms with Gasteiger partial charge in [-0.05, 0) is 73.1 Å². The van der Waals surface area contributed by atoms with E-state index in [-0.39, 0.29) is 24.5 Å². The van der Waals surface area contributed by atoms with Crippen LogP contribution in [0.4, 0.5) is 5.69 Å². The number of rotatable bonds is 13. The molecule has 1 atom stereocenters. The highest BCUT2D eigenvalue weighted by molar-refractivity contribution is 6.35. The number of carbonyl (C=O) groups excluding carboxylic acids is 2. The maximum atomic E-state index is 13.6. The quantitative estimate of drug-likeness (QED) is 0.131. The van der Waals surface area contributed by atoms with E-state index >= 15 is 0 Å². The summed E-state index contributed by atoms with van der Waals surface area (Å²) in [5, 5.41) is 22.2. The number of halogens is 1. The Bertz CT molecular complexity index is 1830. The maximum absolute atomic E-state index is 13.6. The third-order valence-electron chi connectivity index (χ3n) is 8.99. The van der Waals surface area contributed by atoms with Crippen molar-refractivity contribution in [2.24, 2.45) is 0 Å². The molecule has 0 bridgehead atoms. The zero-order chi connectivity index (χ0) is 33.6. The molecule has 1 aliphatic heterocycles. The molecule has 1 aliphatic carbocycles. The van der Waals surface area contributed by atoms with Crippen molar-refractivity contribution < 1.29 is 19.4 Å². The van der Waals surface area contributed by atoms with E-state index < -0.39 is 0 Å². The Labute approximate surface area is 284 Å². The monoisotopic (exact) mass is 669 g/mol. The SMILES string of the molecule is COc1nc(-c2ccnc(-c3cccc(NC(=O)c4ncc(CNCCO)c5c4CCC5)c3C)c2Cl)ccc1CNCC1CCC(=O)N1. The molecule has 0 radical (unpaired) electrons. The molecule has 4 heterocycles. The molecule has 1 saturated heterocycles. The van der Waals surface area contributed by atoms with E-state index in [1.165, 1.54) is 5.56 Å². The van der Waals surface area contributed by atoms with E-state index in [2.05, 4.69) is 31.2 Å². The summed E-state index contributed by atoms with van der Waals surface area (Å²) >= 11 is 7.02. The Morgan fingerprint density at radius 2 is 1.88 bits per heavy atom. The van der Waals surface area contributed by atoms with Crippen LogP contribution in [0.3, 0.4) is 0 Å². The van der Waals surface area contributed by atoms with Gasteiger partial charge in [0.2, 0.25) is 11.8 Å². The topological polar surface area (TPSA) is 150 Å². The summed E-state index contributed by atoms with van der Waals surface area (Å²) in [6.45, 7) is 4.33. The van der Waals surface area contributed by atoms with Crippen LogP contribution in [-0.4, -0.2) is 64.7 Å². The molecule has 12 heteroatoms. The van der Waals surface area contributed by atoms with Crippen molar-refractivity contribution in [3.8, 4) is 28.4 Å². The first-order chi connectivity index (χ1) is 23.4. The molecule has 1 fully saturated rings. The smallest absolute Gasteiger partial charge is 0.274 e. The van der Waals surface area contributed by atoms with Gasteiger partial charge in [0, 0.05) is 73.4 Å². The van der Waals surface area contributed by atoms with Crippen molar-refractivity contribution in [2.75, 3.05) is 32.1 Å². The van der Waals surface area contributed by atoms with Crippen LogP contribution in [0, 0.1) is 6.92 Å². The second kappa shape index (κ2) is 15.2. The van der Waals surface area contributed by atoms with Gasteiger partial charge >= 0.3 is 0 Å². The first-order valence-corrected chi connectivity index (χ1v) is 16.7. The van der Waals surface area contributed by atoms with Crippen LogP contribution < -0.4 is 26.0 Å². The number of hydrogen-bond donors (Lipinski definition) is 5. The van der Waals surface area contributed by atoms with Crippen LogP contribution in [0.25, 0.3) is 22.5 Å². The van der Waals surface area contributed by atoms with Crippen molar-refractivity contribution >= 4 is 29.1 Å². The van der Waals surface area contributed by atoms with Crippen molar-refractivity contribution in [2.45, 2.75) is 58.2 Å². The van der Waals surface area contributed by atoms with Gasteiger partial charge in [-0.1, -0.05) is 29.8 Å². The van der Waals surface area contributed by atoms with Crippen molar-refractivity contribution in [1.29, 1.82) is 0 Å². The highest BCUT2D eigenvalue weighted by Gasteiger charge is 2.25. The molecule has 3 aromatic heterocycles. The number of hydrogen-bond acceptors (Lipinski definition) is 9. The van der Waals surface area contributed by atoms with Crippen LogP contribution in [0.1, 0.15) is 57.6 Å². The second-order valence-corrected chi connectivity index (χ2v) is 12.5. The fourth-order valence-electron chi connectivity index (χ4n) is 6.49. The van der Waals surface area contributed by atoms with E-state index in [0.29, 0.717) is 71.8 Å². The normalized spacial score (nSPS) is 15.3. The van der Waals surface area contributed by atoms with Gasteiger partial charge in [0.1, 0.15) is 5.69 Å². The largest absolute Gasteiger partial charge is 0.481 e. The molecule has 1 aromatic carbocycles. The van der Waals surface area contributed by atoms with E-state index in [0.717, 1.165) is 53.5 Å². The van der Waals surface area contributed by atoms with Crippen molar-refractivity contribution in [3.05, 3.63) is 87.3 Å². The molecule has 0 saturated carbocycles. The van der Waals surface area contributed by atoms with E-state index in [1.807, 2.05) is 43.3 Å². The number of anilines is 1. The number of amides is 2. The van der Waals surface area contributed by atoms with Crippen LogP contribution >= 0.6 is 11.6 Å². The lowest BCUT2D eigenvalue weighted by atomic mass is 10.00. The first kappa shape index (κ1) is 33.5. The Balaban J connectivity index is 1.21. The van der Waals surface area contributed by atoms with Gasteiger partial charge in [0.05, 0.1) is 30.1 Å². The molecular weight excluding hydrogens is 630 g/mol. The Morgan fingerprint density at radius 1 is 1.04 bits per heavy atom. The van der Waals surface area contributed by atoms with Gasteiger partial charge in [0.15, 0.2) is 0 Å². The van der Waals surface area contributed by atoms with E-state index in [9.17, 15) is 9.59 Å². The second-order valence-electron chi connectivity index (χ2n) is 12.1. The van der Waals surface area contributed by atoms with E-state index in [4.69, 9.17) is 26.4 Å². The number of nitrogens with one attached hydrogen (secondary N) is 4. The molecule has 2 amide bonds. The maximum Gasteiger partial charge on any atom is 0.274 e. The summed E-state index contributed by atoms with van der Waals surface area (Å²) in [5.74, 6) is 0.326. The number of benzene rings is 1. The van der Waals surface area contributed by atoms with Crippen LogP contribution in [-0.2, 0) is 30.7 Å². The van der Waals surface area contributed by atoms with Gasteiger partial charge in [-0.2, -0.15) is 0 Å². The van der Waals surface area contributed by atoms with Gasteiger partial charge in [-0.3, -0.25) is 19.6 Å². The predicted octanol–water partition coefficient (Wildman–Crippen LogP) is 4.37. The number of carbonyl (C=O) groups is 2. The minimum Gasteiger partial charge on any atom is -0.481 e. The first-order valence-electron chi connectivity index (χ1n) is 16.3. The number of pyridine rings is 3. The van der Waals surface area contributed by atoms with Crippen LogP contribution in [0.2, 0.25) is 5.02 Å². The van der Waals surface area contributed by atoms with Gasteiger partial charge < -0.3 is 31.1 Å². The summed E-state index contributed by atoms with van der Waals surface area (Å²) in [4.78, 5) is 39.0. The minimum absolute atomic E-state index is 0.0705. The molecule has 2 aliphatic rings. The van der Waals surface area contributed by atoms with Gasteiger partial charge in [0.25, 0.3) is 5.91 Å². The van der Waals surface area contributed by atoms with Crippen LogP contribution in [0.15, 0.2) is 48.8 Å². The standard InChI is InChI=1S/C36H40ClN7O4/c1-21-25(5-4-8-29(21)43-35(47)34-27-7-3-6-26(27)23(19-41-34)18-38-15-16-45)33-32(37)28(13-14-40-33)30-11-9-22(36(44-30)48-2)17-39-20-24-10-12-31(46)42-24/h4-5,8-9,11,13-14,19,24,38-39,45H,3,6-7,10,12,15-18,20H2,1-2H3,(H,42,46)(H,43,47). The highest BCUT2D eigenvalue weighted by Crippen LogP contribution is 2.38. The number of nitrogens with zero attached hydrogens (tertiary/aromatic N) is 3. The minimum atomic E-state index is -0.255. The summed E-state index contributed by atoms with van der Waals surface area (Å²) in [6.07, 6.45) is 7.56. The third-order valence-corrected chi connectivity index (χ3v) is 9.37. The van der Waals surface area contributed by atoms with Gasteiger partial charge in [-0.25, -0.2) is 4.98 Å². The average molecular weight is 670 g/mol. The van der Waals surface area contributed by atoms with Crippen molar-refractivity contribution in [3.63, 3.8) is 0 Å². The number of aromatic nitrogens is 3. The number of fused-ring (bicyclic) bond motifs is 1. The van der Waals surface area contributed by atoms with Crippen LogP contribution in [0.5, 0.6) is 5.88 Å². The lowest BCUT2D eigenvalue weighted by Crippen LogP contribution is -2.35. The molecule has 1 unspecified atom stereocenters. The zero-order valence-electron chi connectivity index (χ0n) is 27.2. The Kier molecular flexibility index (Phi) is 10.6. The molecule has 0 spiro atoms. The highest BCUT2D eigenvalue weighted by atomic mass is 35.5. The number of aliphatic hydroxyl groups is 1.